The molecule has 4 rings (SSSR count). The molecule has 0 bridgehead atoms. The predicted molar refractivity (Wildman–Crippen MR) is 106 cm³/mol. The van der Waals surface area contributed by atoms with Crippen molar-refractivity contribution < 1.29 is 9.90 Å². The minimum atomic E-state index is -0.956. The van der Waals surface area contributed by atoms with Crippen LogP contribution in [0.3, 0.4) is 0 Å². The van der Waals surface area contributed by atoms with Gasteiger partial charge < -0.3 is 15.3 Å². The molecule has 1 aliphatic rings. The van der Waals surface area contributed by atoms with Crippen LogP contribution in [0, 0.1) is 0 Å². The summed E-state index contributed by atoms with van der Waals surface area (Å²) in [6, 6.07) is 16.6. The Morgan fingerprint density at radius 3 is 2.78 bits per heavy atom. The number of aromatic nitrogens is 2. The normalized spacial score (nSPS) is 17.5. The minimum absolute atomic E-state index is 0.00355. The molecular formula is C21H22N4O2. The first kappa shape index (κ1) is 17.3. The van der Waals surface area contributed by atoms with Crippen molar-refractivity contribution in [3.63, 3.8) is 0 Å². The Labute approximate surface area is 157 Å². The summed E-state index contributed by atoms with van der Waals surface area (Å²) < 4.78 is 0. The number of fused-ring (bicyclic) bond motifs is 1. The maximum Gasteiger partial charge on any atom is 0.404 e. The van der Waals surface area contributed by atoms with E-state index >= 15 is 0 Å². The molecule has 2 N–H and O–H groups in total. The summed E-state index contributed by atoms with van der Waals surface area (Å²) in [4.78, 5) is 22.3. The molecule has 1 amide bonds. The Bertz CT molecular complexity index is 960. The molecule has 1 saturated heterocycles. The molecule has 1 unspecified atom stereocenters. The highest BCUT2D eigenvalue weighted by atomic mass is 16.4. The fourth-order valence-corrected chi connectivity index (χ4v) is 3.63. The summed E-state index contributed by atoms with van der Waals surface area (Å²) in [5, 5.41) is 13.9. The molecule has 1 aliphatic heterocycles. The number of hydrogen-bond donors (Lipinski definition) is 2. The molecule has 1 aromatic heterocycles. The number of hydrogen-bond acceptors (Lipinski definition) is 4. The van der Waals surface area contributed by atoms with Crippen molar-refractivity contribution in [2.24, 2.45) is 0 Å². The molecule has 6 nitrogen and oxygen atoms in total. The second kappa shape index (κ2) is 7.61. The topological polar surface area (TPSA) is 78.4 Å². The van der Waals surface area contributed by atoms with Crippen molar-refractivity contribution in [1.29, 1.82) is 0 Å². The van der Waals surface area contributed by atoms with Gasteiger partial charge in [0.2, 0.25) is 5.95 Å². The lowest BCUT2D eigenvalue weighted by Gasteiger charge is -2.21. The molecule has 27 heavy (non-hydrogen) atoms. The summed E-state index contributed by atoms with van der Waals surface area (Å²) in [5.41, 5.74) is 1.97. The minimum Gasteiger partial charge on any atom is -0.465 e. The molecule has 0 aliphatic carbocycles. The van der Waals surface area contributed by atoms with Crippen LogP contribution in [0.25, 0.3) is 22.0 Å². The zero-order valence-electron chi connectivity index (χ0n) is 15.0. The van der Waals surface area contributed by atoms with Crippen LogP contribution >= 0.6 is 0 Å². The van der Waals surface area contributed by atoms with E-state index in [0.29, 0.717) is 5.95 Å². The Morgan fingerprint density at radius 1 is 1.07 bits per heavy atom. The molecule has 2 aromatic carbocycles. The zero-order valence-corrected chi connectivity index (χ0v) is 15.0. The monoisotopic (exact) mass is 362 g/mol. The van der Waals surface area contributed by atoms with Crippen LogP contribution in [-0.4, -0.2) is 40.3 Å². The highest BCUT2D eigenvalue weighted by molar-refractivity contribution is 5.86. The van der Waals surface area contributed by atoms with E-state index in [1.54, 1.807) is 6.20 Å². The van der Waals surface area contributed by atoms with E-state index in [9.17, 15) is 4.79 Å². The van der Waals surface area contributed by atoms with E-state index < -0.39 is 6.09 Å². The Hall–Kier alpha value is -3.15. The van der Waals surface area contributed by atoms with Crippen molar-refractivity contribution >= 4 is 22.8 Å². The van der Waals surface area contributed by atoms with Crippen molar-refractivity contribution in [2.75, 3.05) is 18.0 Å². The summed E-state index contributed by atoms with van der Waals surface area (Å²) in [6.45, 7) is 1.57. The lowest BCUT2D eigenvalue weighted by atomic mass is 10.1. The van der Waals surface area contributed by atoms with Crippen LogP contribution in [0.5, 0.6) is 0 Å². The number of carbonyl (C=O) groups is 1. The molecule has 0 spiro atoms. The Kier molecular flexibility index (Phi) is 4.87. The largest absolute Gasteiger partial charge is 0.465 e. The number of nitrogens with zero attached hydrogens (tertiary/aromatic N) is 3. The fourth-order valence-electron chi connectivity index (χ4n) is 3.63. The van der Waals surface area contributed by atoms with E-state index in [2.05, 4.69) is 45.5 Å². The third-order valence-corrected chi connectivity index (χ3v) is 5.03. The van der Waals surface area contributed by atoms with Crippen molar-refractivity contribution in [3.05, 3.63) is 54.7 Å². The standard InChI is InChI=1S/C21H22N4O2/c26-21(27)23-18-6-3-12-25(13-10-18)20-22-11-9-19(24-20)17-8-7-15-4-1-2-5-16(15)14-17/h1-2,4-5,7-9,11,14,18,23H,3,6,10,12-13H2,(H,26,27). The molecular weight excluding hydrogens is 340 g/mol. The lowest BCUT2D eigenvalue weighted by molar-refractivity contribution is 0.188. The second-order valence-corrected chi connectivity index (χ2v) is 6.87. The van der Waals surface area contributed by atoms with Crippen LogP contribution in [-0.2, 0) is 0 Å². The summed E-state index contributed by atoms with van der Waals surface area (Å²) in [5.74, 6) is 0.705. The van der Waals surface area contributed by atoms with Gasteiger partial charge in [0.05, 0.1) is 5.69 Å². The molecule has 1 fully saturated rings. The fraction of sp³-hybridized carbons (Fsp3) is 0.286. The molecule has 0 saturated carbocycles. The first-order valence-corrected chi connectivity index (χ1v) is 9.26. The highest BCUT2D eigenvalue weighted by Gasteiger charge is 2.20. The molecule has 6 heteroatoms. The van der Waals surface area contributed by atoms with Gasteiger partial charge in [-0.15, -0.1) is 0 Å². The van der Waals surface area contributed by atoms with Gasteiger partial charge in [0, 0.05) is 30.9 Å². The van der Waals surface area contributed by atoms with Crippen LogP contribution < -0.4 is 10.2 Å². The lowest BCUT2D eigenvalue weighted by Crippen LogP contribution is -2.34. The van der Waals surface area contributed by atoms with E-state index in [1.807, 2.05) is 18.2 Å². The van der Waals surface area contributed by atoms with Crippen LogP contribution in [0.4, 0.5) is 10.7 Å². The van der Waals surface area contributed by atoms with Gasteiger partial charge in [-0.3, -0.25) is 0 Å². The average molecular weight is 362 g/mol. The van der Waals surface area contributed by atoms with E-state index in [-0.39, 0.29) is 6.04 Å². The van der Waals surface area contributed by atoms with Gasteiger partial charge in [0.1, 0.15) is 0 Å². The first-order valence-electron chi connectivity index (χ1n) is 9.26. The summed E-state index contributed by atoms with van der Waals surface area (Å²) in [7, 11) is 0. The molecule has 1 atom stereocenters. The van der Waals surface area contributed by atoms with Crippen LogP contribution in [0.15, 0.2) is 54.7 Å². The van der Waals surface area contributed by atoms with Crippen LogP contribution in [0.2, 0.25) is 0 Å². The van der Waals surface area contributed by atoms with Gasteiger partial charge in [0.15, 0.2) is 0 Å². The Morgan fingerprint density at radius 2 is 1.93 bits per heavy atom. The highest BCUT2D eigenvalue weighted by Crippen LogP contribution is 2.25. The van der Waals surface area contributed by atoms with Gasteiger partial charge in [-0.1, -0.05) is 36.4 Å². The summed E-state index contributed by atoms with van der Waals surface area (Å²) in [6.07, 6.45) is 3.35. The molecule has 0 radical (unpaired) electrons. The van der Waals surface area contributed by atoms with Gasteiger partial charge in [-0.25, -0.2) is 14.8 Å². The van der Waals surface area contributed by atoms with Crippen LogP contribution in [0.1, 0.15) is 19.3 Å². The maximum absolute atomic E-state index is 10.9. The van der Waals surface area contributed by atoms with E-state index in [0.717, 1.165) is 43.6 Å². The van der Waals surface area contributed by atoms with Gasteiger partial charge in [0.25, 0.3) is 0 Å². The quantitative estimate of drug-likeness (QED) is 0.738. The number of amides is 1. The average Bonchev–Trinajstić information content (AvgIpc) is 2.93. The third-order valence-electron chi connectivity index (χ3n) is 5.03. The van der Waals surface area contributed by atoms with Gasteiger partial charge >= 0.3 is 6.09 Å². The smallest absolute Gasteiger partial charge is 0.404 e. The molecule has 2 heterocycles. The SMILES string of the molecule is O=C(O)NC1CCCN(c2nccc(-c3ccc4ccccc4c3)n2)CC1. The molecule has 3 aromatic rings. The number of anilines is 1. The van der Waals surface area contributed by atoms with Gasteiger partial charge in [-0.2, -0.15) is 0 Å². The number of rotatable bonds is 3. The number of carboxylic acid groups (broad SMARTS) is 1. The van der Waals surface area contributed by atoms with Crippen molar-refractivity contribution in [1.82, 2.24) is 15.3 Å². The molecule has 138 valence electrons. The van der Waals surface area contributed by atoms with Gasteiger partial charge in [-0.05, 0) is 42.2 Å². The maximum atomic E-state index is 10.9. The van der Waals surface area contributed by atoms with E-state index in [1.165, 1.54) is 10.8 Å². The first-order chi connectivity index (χ1) is 13.2. The number of benzene rings is 2. The van der Waals surface area contributed by atoms with Crippen molar-refractivity contribution in [3.8, 4) is 11.3 Å². The summed E-state index contributed by atoms with van der Waals surface area (Å²) >= 11 is 0. The zero-order chi connectivity index (χ0) is 18.6. The van der Waals surface area contributed by atoms with E-state index in [4.69, 9.17) is 10.1 Å². The number of nitrogens with one attached hydrogen (secondary N) is 1. The Balaban J connectivity index is 1.55. The van der Waals surface area contributed by atoms with Crippen molar-refractivity contribution in [2.45, 2.75) is 25.3 Å². The predicted octanol–water partition coefficient (Wildman–Crippen LogP) is 3.92. The third kappa shape index (κ3) is 4.00. The second-order valence-electron chi connectivity index (χ2n) is 6.87.